The van der Waals surface area contributed by atoms with Gasteiger partial charge in [0.25, 0.3) is 5.56 Å². The van der Waals surface area contributed by atoms with Gasteiger partial charge in [-0.25, -0.2) is 9.78 Å². The van der Waals surface area contributed by atoms with Crippen molar-refractivity contribution >= 4 is 45.2 Å². The van der Waals surface area contributed by atoms with E-state index < -0.39 is 5.97 Å². The SMILES string of the molecule is CCOC(=O)c1sc2nc(SCC(=O)NCCc3ccccc3)n(CCC3=CCCCC3)c(=O)c2c1C. The van der Waals surface area contributed by atoms with E-state index in [2.05, 4.69) is 11.4 Å². The molecule has 3 aromatic rings. The number of esters is 1. The van der Waals surface area contributed by atoms with Crippen LogP contribution in [0.15, 0.2) is 51.9 Å². The van der Waals surface area contributed by atoms with E-state index in [0.29, 0.717) is 38.9 Å². The number of amides is 1. The lowest BCUT2D eigenvalue weighted by atomic mass is 9.97. The first kappa shape index (κ1) is 27.1. The number of thioether (sulfide) groups is 1. The molecule has 2 heterocycles. The van der Waals surface area contributed by atoms with Crippen molar-refractivity contribution in [3.63, 3.8) is 0 Å². The summed E-state index contributed by atoms with van der Waals surface area (Å²) in [6, 6.07) is 10.0. The van der Waals surface area contributed by atoms with E-state index in [0.717, 1.165) is 25.7 Å². The smallest absolute Gasteiger partial charge is 0.348 e. The second-order valence-electron chi connectivity index (χ2n) is 9.04. The Morgan fingerprint density at radius 2 is 2.00 bits per heavy atom. The van der Waals surface area contributed by atoms with Gasteiger partial charge in [0, 0.05) is 13.1 Å². The van der Waals surface area contributed by atoms with Crippen LogP contribution >= 0.6 is 23.1 Å². The average molecular weight is 540 g/mol. The highest BCUT2D eigenvalue weighted by atomic mass is 32.2. The summed E-state index contributed by atoms with van der Waals surface area (Å²) in [5, 5.41) is 3.92. The number of rotatable bonds is 11. The van der Waals surface area contributed by atoms with Crippen LogP contribution in [0.4, 0.5) is 0 Å². The number of ether oxygens (including phenoxy) is 1. The second-order valence-corrected chi connectivity index (χ2v) is 11.0. The van der Waals surface area contributed by atoms with Gasteiger partial charge in [-0.1, -0.05) is 53.7 Å². The number of nitrogens with zero attached hydrogens (tertiary/aromatic N) is 2. The molecular formula is C28H33N3O4S2. The van der Waals surface area contributed by atoms with Crippen LogP contribution in [0, 0.1) is 6.92 Å². The molecule has 0 bridgehead atoms. The van der Waals surface area contributed by atoms with Crippen LogP contribution in [0.2, 0.25) is 0 Å². The highest BCUT2D eigenvalue weighted by Gasteiger charge is 2.23. The number of carbonyl (C=O) groups is 2. The summed E-state index contributed by atoms with van der Waals surface area (Å²) in [4.78, 5) is 44.4. The van der Waals surface area contributed by atoms with Gasteiger partial charge in [0.05, 0.1) is 17.7 Å². The largest absolute Gasteiger partial charge is 0.462 e. The summed E-state index contributed by atoms with van der Waals surface area (Å²) < 4.78 is 6.86. The van der Waals surface area contributed by atoms with Crippen LogP contribution in [-0.2, 0) is 22.5 Å². The number of hydrogen-bond donors (Lipinski definition) is 1. The first-order chi connectivity index (χ1) is 18.0. The Kier molecular flexibility index (Phi) is 9.57. The molecule has 1 aromatic carbocycles. The third-order valence-electron chi connectivity index (χ3n) is 6.43. The molecule has 1 amide bonds. The molecule has 0 fully saturated rings. The van der Waals surface area contributed by atoms with Crippen LogP contribution in [-0.4, -0.2) is 40.3 Å². The Labute approximate surface area is 225 Å². The molecule has 9 heteroatoms. The molecule has 7 nitrogen and oxygen atoms in total. The summed E-state index contributed by atoms with van der Waals surface area (Å²) in [6.07, 6.45) is 8.34. The monoisotopic (exact) mass is 539 g/mol. The van der Waals surface area contributed by atoms with E-state index in [-0.39, 0.29) is 23.8 Å². The van der Waals surface area contributed by atoms with Crippen LogP contribution in [0.5, 0.6) is 0 Å². The van der Waals surface area contributed by atoms with Crippen molar-refractivity contribution in [1.29, 1.82) is 0 Å². The zero-order valence-electron chi connectivity index (χ0n) is 21.4. The van der Waals surface area contributed by atoms with Crippen molar-refractivity contribution in [1.82, 2.24) is 14.9 Å². The maximum Gasteiger partial charge on any atom is 0.348 e. The summed E-state index contributed by atoms with van der Waals surface area (Å²) in [5.74, 6) is -0.385. The predicted octanol–water partition coefficient (Wildman–Crippen LogP) is 5.28. The topological polar surface area (TPSA) is 90.3 Å². The highest BCUT2D eigenvalue weighted by Crippen LogP contribution is 2.30. The molecule has 0 atom stereocenters. The van der Waals surface area contributed by atoms with Crippen molar-refractivity contribution in [3.8, 4) is 0 Å². The lowest BCUT2D eigenvalue weighted by Crippen LogP contribution is -2.28. The fourth-order valence-corrected chi connectivity index (χ4v) is 6.43. The van der Waals surface area contributed by atoms with Crippen molar-refractivity contribution in [2.75, 3.05) is 18.9 Å². The lowest BCUT2D eigenvalue weighted by Gasteiger charge is -2.16. The van der Waals surface area contributed by atoms with Gasteiger partial charge in [-0.2, -0.15) is 0 Å². The van der Waals surface area contributed by atoms with Gasteiger partial charge in [-0.05, 0) is 63.5 Å². The van der Waals surface area contributed by atoms with E-state index in [4.69, 9.17) is 9.72 Å². The zero-order valence-corrected chi connectivity index (χ0v) is 23.0. The van der Waals surface area contributed by atoms with Crippen LogP contribution in [0.3, 0.4) is 0 Å². The summed E-state index contributed by atoms with van der Waals surface area (Å²) in [6.45, 7) is 4.83. The van der Waals surface area contributed by atoms with Crippen molar-refractivity contribution in [2.45, 2.75) is 64.1 Å². The number of aryl methyl sites for hydroxylation is 1. The number of fused-ring (bicyclic) bond motifs is 1. The Morgan fingerprint density at radius 3 is 2.73 bits per heavy atom. The highest BCUT2D eigenvalue weighted by molar-refractivity contribution is 7.99. The number of nitrogens with one attached hydrogen (secondary N) is 1. The lowest BCUT2D eigenvalue weighted by molar-refractivity contribution is -0.118. The Balaban J connectivity index is 1.54. The number of benzene rings is 1. The van der Waals surface area contributed by atoms with Crippen molar-refractivity contribution < 1.29 is 14.3 Å². The maximum atomic E-state index is 13.7. The predicted molar refractivity (Wildman–Crippen MR) is 150 cm³/mol. The number of carbonyl (C=O) groups excluding carboxylic acids is 2. The van der Waals surface area contributed by atoms with E-state index in [1.807, 2.05) is 30.3 Å². The third kappa shape index (κ3) is 6.90. The summed E-state index contributed by atoms with van der Waals surface area (Å²) in [5.41, 5.74) is 2.97. The fourth-order valence-electron chi connectivity index (χ4n) is 4.46. The molecule has 0 saturated carbocycles. The second kappa shape index (κ2) is 13.1. The van der Waals surface area contributed by atoms with Gasteiger partial charge >= 0.3 is 5.97 Å². The molecule has 37 heavy (non-hydrogen) atoms. The number of thiophene rings is 1. The zero-order chi connectivity index (χ0) is 26.2. The Morgan fingerprint density at radius 1 is 1.19 bits per heavy atom. The molecule has 1 aliphatic carbocycles. The minimum atomic E-state index is -0.437. The van der Waals surface area contributed by atoms with Gasteiger partial charge in [0.15, 0.2) is 5.16 Å². The van der Waals surface area contributed by atoms with E-state index >= 15 is 0 Å². The minimum absolute atomic E-state index is 0.105. The Hall–Kier alpha value is -2.91. The molecular weight excluding hydrogens is 506 g/mol. The van der Waals surface area contributed by atoms with Crippen LogP contribution in [0.1, 0.15) is 59.8 Å². The first-order valence-electron chi connectivity index (χ1n) is 12.8. The molecule has 0 unspecified atom stereocenters. The molecule has 0 radical (unpaired) electrons. The number of hydrogen-bond acceptors (Lipinski definition) is 7. The summed E-state index contributed by atoms with van der Waals surface area (Å²) >= 11 is 2.44. The molecule has 2 aromatic heterocycles. The average Bonchev–Trinajstić information content (AvgIpc) is 3.24. The van der Waals surface area contributed by atoms with E-state index in [9.17, 15) is 14.4 Å². The van der Waals surface area contributed by atoms with Crippen LogP contribution in [0.25, 0.3) is 10.2 Å². The number of aromatic nitrogens is 2. The van der Waals surface area contributed by atoms with E-state index in [1.54, 1.807) is 18.4 Å². The number of allylic oxidation sites excluding steroid dienone is 2. The quantitative estimate of drug-likeness (QED) is 0.154. The van der Waals surface area contributed by atoms with Gasteiger partial charge in [0.2, 0.25) is 5.91 Å². The molecule has 1 aliphatic rings. The van der Waals surface area contributed by atoms with Crippen LogP contribution < -0.4 is 10.9 Å². The van der Waals surface area contributed by atoms with Gasteiger partial charge in [-0.15, -0.1) is 11.3 Å². The van der Waals surface area contributed by atoms with Crippen molar-refractivity contribution in [2.24, 2.45) is 0 Å². The molecule has 4 rings (SSSR count). The first-order valence-corrected chi connectivity index (χ1v) is 14.6. The Bertz CT molecular complexity index is 1340. The van der Waals surface area contributed by atoms with Gasteiger partial charge in [0.1, 0.15) is 9.71 Å². The molecule has 0 aliphatic heterocycles. The standard InChI is InChI=1S/C28H33N3O4S2/c1-3-35-27(34)24-19(2)23-25(37-24)30-28(31(26(23)33)17-15-21-12-8-5-9-13-21)36-18-22(32)29-16-14-20-10-6-4-7-11-20/h4,6-7,10-12H,3,5,8-9,13-18H2,1-2H3,(H,29,32). The molecule has 196 valence electrons. The van der Waals surface area contributed by atoms with E-state index in [1.165, 1.54) is 47.1 Å². The third-order valence-corrected chi connectivity index (χ3v) is 8.57. The molecule has 1 N–H and O–H groups in total. The maximum absolute atomic E-state index is 13.7. The molecule has 0 spiro atoms. The fraction of sp³-hybridized carbons (Fsp3) is 0.429. The van der Waals surface area contributed by atoms with Gasteiger partial charge < -0.3 is 10.1 Å². The van der Waals surface area contributed by atoms with Crippen molar-refractivity contribution in [3.05, 3.63) is 68.3 Å². The minimum Gasteiger partial charge on any atom is -0.462 e. The summed E-state index contributed by atoms with van der Waals surface area (Å²) in [7, 11) is 0. The normalized spacial score (nSPS) is 13.4. The van der Waals surface area contributed by atoms with Gasteiger partial charge in [-0.3, -0.25) is 14.2 Å². The molecule has 0 saturated heterocycles.